The van der Waals surface area contributed by atoms with E-state index in [4.69, 9.17) is 10.5 Å². The van der Waals surface area contributed by atoms with Crippen molar-refractivity contribution in [1.29, 1.82) is 15.8 Å². The van der Waals surface area contributed by atoms with Crippen LogP contribution in [-0.2, 0) is 4.79 Å². The zero-order valence-electron chi connectivity index (χ0n) is 11.0. The Balaban J connectivity index is 2.92. The minimum atomic E-state index is -1.33. The van der Waals surface area contributed by atoms with Gasteiger partial charge in [0.05, 0.1) is 18.2 Å². The second-order valence-electron chi connectivity index (χ2n) is 4.33. The zero-order valence-corrected chi connectivity index (χ0v) is 11.0. The topological polar surface area (TPSA) is 100 Å². The standard InChI is InChI=1S/C15H14N4O/c16-10-4-8-15(12-18,9-5-11-17)14(20)19-13-6-2-1-3-7-13/h1-3,6-7H,4-5,8-9H2,(H,19,20). The van der Waals surface area contributed by atoms with Crippen molar-refractivity contribution in [3.8, 4) is 18.2 Å². The fourth-order valence-corrected chi connectivity index (χ4v) is 1.83. The van der Waals surface area contributed by atoms with E-state index in [2.05, 4.69) is 5.32 Å². The van der Waals surface area contributed by atoms with Gasteiger partial charge in [0, 0.05) is 18.5 Å². The van der Waals surface area contributed by atoms with Crippen molar-refractivity contribution >= 4 is 11.6 Å². The summed E-state index contributed by atoms with van der Waals surface area (Å²) in [4.78, 5) is 12.3. The van der Waals surface area contributed by atoms with Crippen molar-refractivity contribution in [2.45, 2.75) is 25.7 Å². The predicted octanol–water partition coefficient (Wildman–Crippen LogP) is 2.74. The third-order valence-electron chi connectivity index (χ3n) is 3.01. The molecule has 0 aliphatic heterocycles. The van der Waals surface area contributed by atoms with Gasteiger partial charge in [0.2, 0.25) is 5.91 Å². The summed E-state index contributed by atoms with van der Waals surface area (Å²) in [5.41, 5.74) is -0.743. The molecule has 0 spiro atoms. The third-order valence-corrected chi connectivity index (χ3v) is 3.01. The molecule has 0 aliphatic carbocycles. The second kappa shape index (κ2) is 7.56. The number of carbonyl (C=O) groups excluding carboxylic acids is 1. The molecular formula is C15H14N4O. The molecule has 1 amide bonds. The van der Waals surface area contributed by atoms with Crippen LogP contribution in [0.1, 0.15) is 25.7 Å². The van der Waals surface area contributed by atoms with Crippen molar-refractivity contribution in [3.63, 3.8) is 0 Å². The quantitative estimate of drug-likeness (QED) is 0.855. The average molecular weight is 266 g/mol. The lowest BCUT2D eigenvalue weighted by atomic mass is 9.79. The van der Waals surface area contributed by atoms with Gasteiger partial charge in [-0.1, -0.05) is 18.2 Å². The Labute approximate surface area is 118 Å². The molecule has 5 heteroatoms. The first-order valence-electron chi connectivity index (χ1n) is 6.20. The molecule has 0 radical (unpaired) electrons. The maximum absolute atomic E-state index is 12.3. The lowest BCUT2D eigenvalue weighted by Crippen LogP contribution is -2.35. The molecule has 0 unspecified atom stereocenters. The van der Waals surface area contributed by atoms with Gasteiger partial charge < -0.3 is 5.32 Å². The van der Waals surface area contributed by atoms with Gasteiger partial charge >= 0.3 is 0 Å². The summed E-state index contributed by atoms with van der Waals surface area (Å²) in [6.07, 6.45) is 0.448. The highest BCUT2D eigenvalue weighted by Crippen LogP contribution is 2.30. The van der Waals surface area contributed by atoms with Crippen LogP contribution in [0.5, 0.6) is 0 Å². The fraction of sp³-hybridized carbons (Fsp3) is 0.333. The fourth-order valence-electron chi connectivity index (χ4n) is 1.83. The number of benzene rings is 1. The number of hydrogen-bond acceptors (Lipinski definition) is 4. The molecule has 0 bridgehead atoms. The highest BCUT2D eigenvalue weighted by Gasteiger charge is 2.38. The Morgan fingerprint density at radius 2 is 1.60 bits per heavy atom. The van der Waals surface area contributed by atoms with E-state index in [1.807, 2.05) is 24.3 Å². The number of nitriles is 3. The van der Waals surface area contributed by atoms with Gasteiger partial charge in [0.1, 0.15) is 5.41 Å². The van der Waals surface area contributed by atoms with Gasteiger partial charge in [-0.05, 0) is 25.0 Å². The molecule has 5 nitrogen and oxygen atoms in total. The lowest BCUT2D eigenvalue weighted by molar-refractivity contribution is -0.123. The number of hydrogen-bond donors (Lipinski definition) is 1. The van der Waals surface area contributed by atoms with Gasteiger partial charge in [-0.25, -0.2) is 0 Å². The molecule has 0 saturated carbocycles. The Kier molecular flexibility index (Phi) is 5.75. The SMILES string of the molecule is N#CCCC(C#N)(CCC#N)C(=O)Nc1ccccc1. The largest absolute Gasteiger partial charge is 0.325 e. The Bertz CT molecular complexity index is 557. The van der Waals surface area contributed by atoms with Crippen molar-refractivity contribution in [2.75, 3.05) is 5.32 Å². The minimum Gasteiger partial charge on any atom is -0.325 e. The molecule has 1 rings (SSSR count). The summed E-state index contributed by atoms with van der Waals surface area (Å²) in [7, 11) is 0. The minimum absolute atomic E-state index is 0.0984. The van der Waals surface area contributed by atoms with Gasteiger partial charge in [-0.2, -0.15) is 15.8 Å². The van der Waals surface area contributed by atoms with Gasteiger partial charge in [-0.3, -0.25) is 4.79 Å². The second-order valence-corrected chi connectivity index (χ2v) is 4.33. The molecule has 20 heavy (non-hydrogen) atoms. The monoisotopic (exact) mass is 266 g/mol. The van der Waals surface area contributed by atoms with E-state index < -0.39 is 11.3 Å². The van der Waals surface area contributed by atoms with Crippen LogP contribution < -0.4 is 5.32 Å². The maximum Gasteiger partial charge on any atom is 0.244 e. The highest BCUT2D eigenvalue weighted by molar-refractivity contribution is 5.97. The van der Waals surface area contributed by atoms with Crippen molar-refractivity contribution in [3.05, 3.63) is 30.3 Å². The summed E-state index contributed by atoms with van der Waals surface area (Å²) in [5.74, 6) is -0.461. The van der Waals surface area contributed by atoms with Crippen molar-refractivity contribution < 1.29 is 4.79 Å². The van der Waals surface area contributed by atoms with Crippen molar-refractivity contribution in [1.82, 2.24) is 0 Å². The van der Waals surface area contributed by atoms with Gasteiger partial charge in [0.25, 0.3) is 0 Å². The molecule has 0 aliphatic rings. The first-order chi connectivity index (χ1) is 9.68. The molecule has 0 aromatic heterocycles. The van der Waals surface area contributed by atoms with Crippen LogP contribution in [0, 0.1) is 39.4 Å². The molecule has 100 valence electrons. The van der Waals surface area contributed by atoms with Crippen molar-refractivity contribution in [2.24, 2.45) is 5.41 Å². The van der Waals surface area contributed by atoms with Crippen LogP contribution in [0.25, 0.3) is 0 Å². The Hall–Kier alpha value is -2.84. The smallest absolute Gasteiger partial charge is 0.244 e. The molecule has 0 atom stereocenters. The first-order valence-corrected chi connectivity index (χ1v) is 6.20. The van der Waals surface area contributed by atoms with Gasteiger partial charge in [-0.15, -0.1) is 0 Å². The normalized spacial score (nSPS) is 9.85. The molecular weight excluding hydrogens is 252 g/mol. The Morgan fingerprint density at radius 3 is 2.05 bits per heavy atom. The van der Waals surface area contributed by atoms with E-state index in [0.717, 1.165) is 0 Å². The lowest BCUT2D eigenvalue weighted by Gasteiger charge is -2.23. The zero-order chi connectivity index (χ0) is 14.8. The molecule has 0 saturated heterocycles. The summed E-state index contributed by atoms with van der Waals surface area (Å²) >= 11 is 0. The number of carbonyl (C=O) groups is 1. The van der Waals surface area contributed by atoms with E-state index in [-0.39, 0.29) is 25.7 Å². The maximum atomic E-state index is 12.3. The average Bonchev–Trinajstić information content (AvgIpc) is 2.49. The summed E-state index contributed by atoms with van der Waals surface area (Å²) in [5, 5.41) is 29.4. The number of nitrogens with one attached hydrogen (secondary N) is 1. The Morgan fingerprint density at radius 1 is 1.05 bits per heavy atom. The van der Waals surface area contributed by atoms with E-state index in [9.17, 15) is 10.1 Å². The number of rotatable bonds is 6. The number of nitrogens with zero attached hydrogens (tertiary/aromatic N) is 3. The summed E-state index contributed by atoms with van der Waals surface area (Å²) in [6, 6.07) is 14.7. The summed E-state index contributed by atoms with van der Waals surface area (Å²) in [6.45, 7) is 0. The summed E-state index contributed by atoms with van der Waals surface area (Å²) < 4.78 is 0. The molecule has 1 N–H and O–H groups in total. The highest BCUT2D eigenvalue weighted by atomic mass is 16.2. The van der Waals surface area contributed by atoms with Crippen LogP contribution in [0.2, 0.25) is 0 Å². The van der Waals surface area contributed by atoms with Gasteiger partial charge in [0.15, 0.2) is 0 Å². The number of para-hydroxylation sites is 1. The predicted molar refractivity (Wildman–Crippen MR) is 72.8 cm³/mol. The van der Waals surface area contributed by atoms with Crippen LogP contribution in [-0.4, -0.2) is 5.91 Å². The number of amides is 1. The third kappa shape index (κ3) is 3.83. The van der Waals surface area contributed by atoms with Crippen LogP contribution in [0.15, 0.2) is 30.3 Å². The molecule has 1 aromatic rings. The molecule has 0 fully saturated rings. The number of anilines is 1. The van der Waals surface area contributed by atoms with Crippen LogP contribution in [0.3, 0.4) is 0 Å². The van der Waals surface area contributed by atoms with E-state index in [1.165, 1.54) is 0 Å². The van der Waals surface area contributed by atoms with Crippen LogP contribution in [0.4, 0.5) is 5.69 Å². The molecule has 1 aromatic carbocycles. The van der Waals surface area contributed by atoms with E-state index >= 15 is 0 Å². The van der Waals surface area contributed by atoms with E-state index in [1.54, 1.807) is 24.3 Å². The first kappa shape index (κ1) is 15.2. The van der Waals surface area contributed by atoms with Crippen LogP contribution >= 0.6 is 0 Å². The molecule has 0 heterocycles. The van der Waals surface area contributed by atoms with E-state index in [0.29, 0.717) is 5.69 Å².